The number of hydrogen-bond acceptors (Lipinski definition) is 2. The van der Waals surface area contributed by atoms with Crippen molar-refractivity contribution in [3.8, 4) is 0 Å². The second kappa shape index (κ2) is 5.04. The summed E-state index contributed by atoms with van der Waals surface area (Å²) in [6.07, 6.45) is 3.90. The van der Waals surface area contributed by atoms with Crippen LogP contribution in [0.4, 0.5) is 0 Å². The maximum Gasteiger partial charge on any atom is 0.0761 e. The average Bonchev–Trinajstić information content (AvgIpc) is 3.02. The summed E-state index contributed by atoms with van der Waals surface area (Å²) in [7, 11) is 0. The molecule has 15 heavy (non-hydrogen) atoms. The SMILES string of the molecule is CC(O)c1ccc(SCCC2CC2)cc1. The van der Waals surface area contributed by atoms with Crippen LogP contribution in [0.1, 0.15) is 37.9 Å². The fourth-order valence-corrected chi connectivity index (χ4v) is 2.61. The fraction of sp³-hybridized carbons (Fsp3) is 0.538. The number of aliphatic hydroxyl groups is 1. The molecule has 82 valence electrons. The van der Waals surface area contributed by atoms with Gasteiger partial charge in [0.2, 0.25) is 0 Å². The molecule has 1 atom stereocenters. The van der Waals surface area contributed by atoms with Crippen molar-refractivity contribution in [3.05, 3.63) is 29.8 Å². The number of hydrogen-bond donors (Lipinski definition) is 1. The van der Waals surface area contributed by atoms with Gasteiger partial charge in [-0.3, -0.25) is 0 Å². The normalized spacial score (nSPS) is 17.7. The van der Waals surface area contributed by atoms with Gasteiger partial charge in [-0.15, -0.1) is 11.8 Å². The van der Waals surface area contributed by atoms with Gasteiger partial charge in [0.1, 0.15) is 0 Å². The van der Waals surface area contributed by atoms with Crippen molar-refractivity contribution in [1.29, 1.82) is 0 Å². The molecular weight excluding hydrogens is 204 g/mol. The third kappa shape index (κ3) is 3.54. The molecule has 0 saturated heterocycles. The molecule has 0 amide bonds. The third-order valence-electron chi connectivity index (χ3n) is 2.85. The van der Waals surface area contributed by atoms with E-state index in [0.29, 0.717) is 0 Å². The molecule has 2 rings (SSSR count). The van der Waals surface area contributed by atoms with E-state index in [1.807, 2.05) is 23.9 Å². The molecule has 1 unspecified atom stereocenters. The highest BCUT2D eigenvalue weighted by molar-refractivity contribution is 7.99. The largest absolute Gasteiger partial charge is 0.389 e. The highest BCUT2D eigenvalue weighted by Crippen LogP contribution is 2.34. The molecule has 0 aliphatic heterocycles. The number of aliphatic hydroxyl groups excluding tert-OH is 1. The Morgan fingerprint density at radius 3 is 2.53 bits per heavy atom. The molecule has 1 N–H and O–H groups in total. The fourth-order valence-electron chi connectivity index (χ4n) is 1.59. The molecule has 0 heterocycles. The predicted octanol–water partition coefficient (Wildman–Crippen LogP) is 3.63. The van der Waals surface area contributed by atoms with Crippen molar-refractivity contribution in [2.45, 2.75) is 37.2 Å². The van der Waals surface area contributed by atoms with Crippen LogP contribution in [0.2, 0.25) is 0 Å². The zero-order chi connectivity index (χ0) is 10.7. The molecule has 1 aromatic rings. The van der Waals surface area contributed by atoms with Gasteiger partial charge in [-0.1, -0.05) is 25.0 Å². The van der Waals surface area contributed by atoms with E-state index in [1.165, 1.54) is 29.9 Å². The first-order valence-corrected chi connectivity index (χ1v) is 6.65. The van der Waals surface area contributed by atoms with E-state index in [0.717, 1.165) is 11.5 Å². The Morgan fingerprint density at radius 2 is 2.00 bits per heavy atom. The zero-order valence-corrected chi connectivity index (χ0v) is 9.96. The second-order valence-corrected chi connectivity index (χ2v) is 5.49. The number of benzene rings is 1. The van der Waals surface area contributed by atoms with Gasteiger partial charge in [-0.05, 0) is 42.7 Å². The van der Waals surface area contributed by atoms with E-state index < -0.39 is 0 Å². The molecule has 0 radical (unpaired) electrons. The summed E-state index contributed by atoms with van der Waals surface area (Å²) >= 11 is 1.93. The quantitative estimate of drug-likeness (QED) is 0.768. The predicted molar refractivity (Wildman–Crippen MR) is 65.1 cm³/mol. The Balaban J connectivity index is 1.80. The lowest BCUT2D eigenvalue weighted by Crippen LogP contribution is -1.90. The molecule has 0 aromatic heterocycles. The first-order chi connectivity index (χ1) is 7.25. The molecule has 0 spiro atoms. The van der Waals surface area contributed by atoms with Gasteiger partial charge in [0.05, 0.1) is 6.10 Å². The molecule has 1 aliphatic carbocycles. The lowest BCUT2D eigenvalue weighted by molar-refractivity contribution is 0.199. The smallest absolute Gasteiger partial charge is 0.0761 e. The lowest BCUT2D eigenvalue weighted by Gasteiger charge is -2.05. The van der Waals surface area contributed by atoms with Crippen molar-refractivity contribution in [1.82, 2.24) is 0 Å². The van der Waals surface area contributed by atoms with Crippen LogP contribution in [0.15, 0.2) is 29.2 Å². The number of thioether (sulfide) groups is 1. The van der Waals surface area contributed by atoms with Gasteiger partial charge in [-0.2, -0.15) is 0 Å². The molecular formula is C13H18OS. The summed E-state index contributed by atoms with van der Waals surface area (Å²) < 4.78 is 0. The minimum absolute atomic E-state index is 0.351. The van der Waals surface area contributed by atoms with Crippen LogP contribution >= 0.6 is 11.8 Å². The van der Waals surface area contributed by atoms with Gasteiger partial charge < -0.3 is 5.11 Å². The van der Waals surface area contributed by atoms with Gasteiger partial charge >= 0.3 is 0 Å². The van der Waals surface area contributed by atoms with Crippen LogP contribution in [-0.4, -0.2) is 10.9 Å². The number of rotatable bonds is 5. The first kappa shape index (κ1) is 11.0. The molecule has 0 bridgehead atoms. The maximum atomic E-state index is 9.36. The van der Waals surface area contributed by atoms with Crippen LogP contribution in [0.3, 0.4) is 0 Å². The third-order valence-corrected chi connectivity index (χ3v) is 3.90. The summed E-state index contributed by atoms with van der Waals surface area (Å²) in [4.78, 5) is 1.32. The van der Waals surface area contributed by atoms with Crippen molar-refractivity contribution >= 4 is 11.8 Å². The van der Waals surface area contributed by atoms with Crippen LogP contribution in [0, 0.1) is 5.92 Å². The van der Waals surface area contributed by atoms with Crippen LogP contribution < -0.4 is 0 Å². The van der Waals surface area contributed by atoms with Gasteiger partial charge in [0.15, 0.2) is 0 Å². The van der Waals surface area contributed by atoms with E-state index in [-0.39, 0.29) is 6.10 Å². The van der Waals surface area contributed by atoms with Gasteiger partial charge in [-0.25, -0.2) is 0 Å². The van der Waals surface area contributed by atoms with E-state index >= 15 is 0 Å². The Kier molecular flexibility index (Phi) is 3.71. The van der Waals surface area contributed by atoms with E-state index in [2.05, 4.69) is 12.1 Å². The van der Waals surface area contributed by atoms with E-state index in [9.17, 15) is 5.11 Å². The van der Waals surface area contributed by atoms with Crippen molar-refractivity contribution in [3.63, 3.8) is 0 Å². The molecule has 1 aromatic carbocycles. The summed E-state index contributed by atoms with van der Waals surface area (Å²) in [6.45, 7) is 1.80. The summed E-state index contributed by atoms with van der Waals surface area (Å²) in [5, 5.41) is 9.36. The zero-order valence-electron chi connectivity index (χ0n) is 9.15. The molecule has 1 saturated carbocycles. The van der Waals surface area contributed by atoms with Crippen molar-refractivity contribution < 1.29 is 5.11 Å². The monoisotopic (exact) mass is 222 g/mol. The lowest BCUT2D eigenvalue weighted by atomic mass is 10.1. The first-order valence-electron chi connectivity index (χ1n) is 5.66. The summed E-state index contributed by atoms with van der Waals surface area (Å²) in [5.41, 5.74) is 1.00. The molecule has 1 fully saturated rings. The van der Waals surface area contributed by atoms with Crippen LogP contribution in [-0.2, 0) is 0 Å². The van der Waals surface area contributed by atoms with E-state index in [4.69, 9.17) is 0 Å². The van der Waals surface area contributed by atoms with Crippen LogP contribution in [0.25, 0.3) is 0 Å². The molecule has 2 heteroatoms. The minimum Gasteiger partial charge on any atom is -0.389 e. The summed E-state index contributed by atoms with van der Waals surface area (Å²) in [5.74, 6) is 2.26. The van der Waals surface area contributed by atoms with Gasteiger partial charge in [0, 0.05) is 4.90 Å². The Bertz CT molecular complexity index is 301. The minimum atomic E-state index is -0.351. The Morgan fingerprint density at radius 1 is 1.33 bits per heavy atom. The molecule has 1 aliphatic rings. The maximum absolute atomic E-state index is 9.36. The van der Waals surface area contributed by atoms with Gasteiger partial charge in [0.25, 0.3) is 0 Å². The highest BCUT2D eigenvalue weighted by Gasteiger charge is 2.20. The van der Waals surface area contributed by atoms with Crippen LogP contribution in [0.5, 0.6) is 0 Å². The standard InChI is InChI=1S/C13H18OS/c1-10(14)12-4-6-13(7-5-12)15-9-8-11-2-3-11/h4-7,10-11,14H,2-3,8-9H2,1H3. The Labute approximate surface area is 95.9 Å². The summed E-state index contributed by atoms with van der Waals surface area (Å²) in [6, 6.07) is 8.26. The highest BCUT2D eigenvalue weighted by atomic mass is 32.2. The Hall–Kier alpha value is -0.470. The average molecular weight is 222 g/mol. The molecule has 1 nitrogen and oxygen atoms in total. The van der Waals surface area contributed by atoms with Crippen molar-refractivity contribution in [2.75, 3.05) is 5.75 Å². The van der Waals surface area contributed by atoms with Crippen molar-refractivity contribution in [2.24, 2.45) is 5.92 Å². The topological polar surface area (TPSA) is 20.2 Å². The van der Waals surface area contributed by atoms with E-state index in [1.54, 1.807) is 6.92 Å². The second-order valence-electron chi connectivity index (χ2n) is 4.33.